The van der Waals surface area contributed by atoms with E-state index in [1.54, 1.807) is 24.3 Å². The van der Waals surface area contributed by atoms with Crippen molar-refractivity contribution in [2.75, 3.05) is 12.0 Å². The van der Waals surface area contributed by atoms with Crippen molar-refractivity contribution in [2.45, 2.75) is 13.8 Å². The molecule has 1 aliphatic rings. The average Bonchev–Trinajstić information content (AvgIpc) is 2.61. The van der Waals surface area contributed by atoms with Gasteiger partial charge in [0.15, 0.2) is 5.75 Å². The predicted octanol–water partition coefficient (Wildman–Crippen LogP) is 4.39. The molecule has 6 nitrogen and oxygen atoms in total. The molecule has 144 valence electrons. The number of aryl methyl sites for hydroxylation is 2. The van der Waals surface area contributed by atoms with Crippen LogP contribution in [0.25, 0.3) is 6.08 Å². The molecule has 0 saturated carbocycles. The molecule has 0 bridgehead atoms. The summed E-state index contributed by atoms with van der Waals surface area (Å²) < 4.78 is 5.74. The zero-order chi connectivity index (χ0) is 20.6. The fourth-order valence-electron chi connectivity index (χ4n) is 2.78. The maximum Gasteiger partial charge on any atom is 0.335 e. The Morgan fingerprint density at radius 2 is 1.82 bits per heavy atom. The SMILES string of the molecule is COc1c(Cl)cc(/C=C2\C(=O)NC(=O)N(c3ccc(C)c(C)c3)C2=O)cc1Br. The van der Waals surface area contributed by atoms with Crippen LogP contribution in [0.3, 0.4) is 0 Å². The van der Waals surface area contributed by atoms with Gasteiger partial charge in [0.05, 0.1) is 22.3 Å². The number of hydrogen-bond donors (Lipinski definition) is 1. The van der Waals surface area contributed by atoms with Crippen molar-refractivity contribution < 1.29 is 19.1 Å². The lowest BCUT2D eigenvalue weighted by molar-refractivity contribution is -0.122. The van der Waals surface area contributed by atoms with Gasteiger partial charge in [-0.05, 0) is 76.8 Å². The number of nitrogens with one attached hydrogen (secondary N) is 1. The number of carbonyl (C=O) groups excluding carboxylic acids is 3. The fraction of sp³-hybridized carbons (Fsp3) is 0.150. The van der Waals surface area contributed by atoms with Crippen LogP contribution in [0, 0.1) is 13.8 Å². The summed E-state index contributed by atoms with van der Waals surface area (Å²) in [5.74, 6) is -1.03. The van der Waals surface area contributed by atoms with Crippen molar-refractivity contribution in [3.8, 4) is 5.75 Å². The molecule has 28 heavy (non-hydrogen) atoms. The summed E-state index contributed by atoms with van der Waals surface area (Å²) in [5, 5.41) is 2.52. The van der Waals surface area contributed by atoms with E-state index in [1.807, 2.05) is 19.9 Å². The molecule has 1 N–H and O–H groups in total. The Balaban J connectivity index is 2.05. The summed E-state index contributed by atoms with van der Waals surface area (Å²) in [4.78, 5) is 38.5. The molecular weight excluding hydrogens is 448 g/mol. The van der Waals surface area contributed by atoms with Crippen LogP contribution in [-0.4, -0.2) is 25.0 Å². The summed E-state index contributed by atoms with van der Waals surface area (Å²) in [6, 6.07) is 7.63. The minimum Gasteiger partial charge on any atom is -0.494 e. The number of carbonyl (C=O) groups is 3. The maximum absolute atomic E-state index is 12.9. The van der Waals surface area contributed by atoms with Crippen molar-refractivity contribution in [1.82, 2.24) is 5.32 Å². The molecule has 8 heteroatoms. The Kier molecular flexibility index (Phi) is 5.58. The monoisotopic (exact) mass is 462 g/mol. The van der Waals surface area contributed by atoms with Gasteiger partial charge >= 0.3 is 6.03 Å². The van der Waals surface area contributed by atoms with Gasteiger partial charge in [-0.3, -0.25) is 14.9 Å². The first-order valence-electron chi connectivity index (χ1n) is 8.24. The zero-order valence-corrected chi connectivity index (χ0v) is 17.6. The Hall–Kier alpha value is -2.64. The summed E-state index contributed by atoms with van der Waals surface area (Å²) in [6.45, 7) is 3.81. The lowest BCUT2D eigenvalue weighted by Gasteiger charge is -2.27. The van der Waals surface area contributed by atoms with E-state index in [-0.39, 0.29) is 5.57 Å². The van der Waals surface area contributed by atoms with Crippen molar-refractivity contribution >= 4 is 57.1 Å². The molecule has 0 aliphatic carbocycles. The quantitative estimate of drug-likeness (QED) is 0.541. The molecule has 1 heterocycles. The number of benzene rings is 2. The van der Waals surface area contributed by atoms with Gasteiger partial charge in [0.2, 0.25) is 0 Å². The van der Waals surface area contributed by atoms with E-state index in [9.17, 15) is 14.4 Å². The normalized spacial score (nSPS) is 15.8. The maximum atomic E-state index is 12.9. The minimum absolute atomic E-state index is 0.175. The second kappa shape index (κ2) is 7.77. The third-order valence-corrected chi connectivity index (χ3v) is 5.26. The predicted molar refractivity (Wildman–Crippen MR) is 111 cm³/mol. The van der Waals surface area contributed by atoms with Crippen LogP contribution in [0.1, 0.15) is 16.7 Å². The highest BCUT2D eigenvalue weighted by atomic mass is 79.9. The number of anilines is 1. The molecule has 2 aromatic rings. The van der Waals surface area contributed by atoms with Crippen molar-refractivity contribution in [1.29, 1.82) is 0 Å². The molecule has 0 radical (unpaired) electrons. The van der Waals surface area contributed by atoms with Gasteiger partial charge in [0.1, 0.15) is 5.57 Å². The Labute approximate surface area is 175 Å². The molecule has 1 aliphatic heterocycles. The van der Waals surface area contributed by atoms with Crippen LogP contribution in [0.4, 0.5) is 10.5 Å². The molecule has 0 unspecified atom stereocenters. The first kappa shape index (κ1) is 20.1. The lowest BCUT2D eigenvalue weighted by Crippen LogP contribution is -2.54. The molecular formula is C20H16BrClN2O4. The molecule has 0 spiro atoms. The van der Waals surface area contributed by atoms with Gasteiger partial charge in [0.25, 0.3) is 11.8 Å². The third-order valence-electron chi connectivity index (χ3n) is 4.39. The van der Waals surface area contributed by atoms with Crippen LogP contribution in [0.5, 0.6) is 5.75 Å². The lowest BCUT2D eigenvalue weighted by atomic mass is 10.0. The highest BCUT2D eigenvalue weighted by Gasteiger charge is 2.37. The zero-order valence-electron chi connectivity index (χ0n) is 15.3. The van der Waals surface area contributed by atoms with Crippen LogP contribution in [0.15, 0.2) is 40.4 Å². The number of rotatable bonds is 3. The molecule has 0 atom stereocenters. The number of methoxy groups -OCH3 is 1. The average molecular weight is 464 g/mol. The Morgan fingerprint density at radius 1 is 1.11 bits per heavy atom. The van der Waals surface area contributed by atoms with Gasteiger partial charge in [0, 0.05) is 0 Å². The van der Waals surface area contributed by atoms with E-state index in [2.05, 4.69) is 21.2 Å². The molecule has 4 amide bonds. The third kappa shape index (κ3) is 3.68. The van der Waals surface area contributed by atoms with Crippen LogP contribution in [0.2, 0.25) is 5.02 Å². The molecule has 3 rings (SSSR count). The van der Waals surface area contributed by atoms with Crippen LogP contribution in [-0.2, 0) is 9.59 Å². The second-order valence-electron chi connectivity index (χ2n) is 6.24. The summed E-state index contributed by atoms with van der Waals surface area (Å²) in [5.41, 5.74) is 2.67. The van der Waals surface area contributed by atoms with Crippen LogP contribution < -0.4 is 15.0 Å². The summed E-state index contributed by atoms with van der Waals surface area (Å²) in [6.07, 6.45) is 1.38. The molecule has 0 aromatic heterocycles. The number of barbiturate groups is 1. The topological polar surface area (TPSA) is 75.7 Å². The van der Waals surface area contributed by atoms with Gasteiger partial charge in [-0.1, -0.05) is 17.7 Å². The highest BCUT2D eigenvalue weighted by molar-refractivity contribution is 9.10. The fourth-order valence-corrected chi connectivity index (χ4v) is 3.84. The van der Waals surface area contributed by atoms with Gasteiger partial charge in [-0.15, -0.1) is 0 Å². The van der Waals surface area contributed by atoms with E-state index >= 15 is 0 Å². The summed E-state index contributed by atoms with van der Waals surface area (Å²) in [7, 11) is 1.48. The molecule has 2 aromatic carbocycles. The largest absolute Gasteiger partial charge is 0.494 e. The first-order valence-corrected chi connectivity index (χ1v) is 9.41. The van der Waals surface area contributed by atoms with E-state index in [0.717, 1.165) is 16.0 Å². The number of halogens is 2. The number of nitrogens with zero attached hydrogens (tertiary/aromatic N) is 1. The molecule has 1 saturated heterocycles. The van der Waals surface area contributed by atoms with Crippen molar-refractivity contribution in [3.05, 3.63) is 62.1 Å². The second-order valence-corrected chi connectivity index (χ2v) is 7.51. The van der Waals surface area contributed by atoms with Gasteiger partial charge in [-0.2, -0.15) is 0 Å². The van der Waals surface area contributed by atoms with E-state index < -0.39 is 17.8 Å². The van der Waals surface area contributed by atoms with Crippen molar-refractivity contribution in [3.63, 3.8) is 0 Å². The first-order chi connectivity index (χ1) is 13.2. The summed E-state index contributed by atoms with van der Waals surface area (Å²) >= 11 is 9.51. The Morgan fingerprint density at radius 3 is 2.43 bits per heavy atom. The van der Waals surface area contributed by atoms with E-state index in [4.69, 9.17) is 16.3 Å². The number of amides is 4. The number of hydrogen-bond acceptors (Lipinski definition) is 4. The standard InChI is InChI=1S/C20H16BrClN2O4/c1-10-4-5-13(6-11(10)2)24-19(26)14(18(25)23-20(24)27)7-12-8-15(21)17(28-3)16(22)9-12/h4-9H,1-3H3,(H,23,25,27)/b14-7+. The number of imide groups is 2. The van der Waals surface area contributed by atoms with Gasteiger partial charge < -0.3 is 4.74 Å². The Bertz CT molecular complexity index is 1030. The van der Waals surface area contributed by atoms with Gasteiger partial charge in [-0.25, -0.2) is 9.69 Å². The highest BCUT2D eigenvalue weighted by Crippen LogP contribution is 2.35. The molecule has 1 fully saturated rings. The van der Waals surface area contributed by atoms with E-state index in [0.29, 0.717) is 26.5 Å². The van der Waals surface area contributed by atoms with Crippen LogP contribution >= 0.6 is 27.5 Å². The smallest absolute Gasteiger partial charge is 0.335 e. The number of urea groups is 1. The number of ether oxygens (including phenoxy) is 1. The van der Waals surface area contributed by atoms with E-state index in [1.165, 1.54) is 13.2 Å². The minimum atomic E-state index is -0.788. The van der Waals surface area contributed by atoms with Crippen molar-refractivity contribution in [2.24, 2.45) is 0 Å².